The van der Waals surface area contributed by atoms with Crippen molar-refractivity contribution < 1.29 is 19.1 Å². The van der Waals surface area contributed by atoms with Crippen LogP contribution < -0.4 is 10.5 Å². The number of likely N-dealkylation sites (tertiary alicyclic amines) is 1. The summed E-state index contributed by atoms with van der Waals surface area (Å²) in [4.78, 5) is 35.0. The van der Waals surface area contributed by atoms with Gasteiger partial charge < -0.3 is 15.4 Å². The van der Waals surface area contributed by atoms with Crippen molar-refractivity contribution in [3.63, 3.8) is 0 Å². The molecule has 1 aliphatic heterocycles. The Bertz CT molecular complexity index is 844. The highest BCUT2D eigenvalue weighted by Gasteiger charge is 2.30. The Morgan fingerprint density at radius 3 is 2.78 bits per heavy atom. The van der Waals surface area contributed by atoms with Crippen LogP contribution in [0.25, 0.3) is 10.9 Å². The van der Waals surface area contributed by atoms with E-state index in [-0.39, 0.29) is 24.0 Å². The van der Waals surface area contributed by atoms with Crippen molar-refractivity contribution in [1.29, 1.82) is 0 Å². The van der Waals surface area contributed by atoms with Crippen molar-refractivity contribution in [2.75, 3.05) is 18.9 Å². The van der Waals surface area contributed by atoms with Crippen molar-refractivity contribution >= 4 is 28.6 Å². The molecule has 7 nitrogen and oxygen atoms in total. The van der Waals surface area contributed by atoms with Gasteiger partial charge in [0.25, 0.3) is 0 Å². The molecule has 7 heteroatoms. The first-order valence-corrected chi connectivity index (χ1v) is 8.97. The fourth-order valence-corrected chi connectivity index (χ4v) is 3.36. The molecule has 0 saturated carbocycles. The van der Waals surface area contributed by atoms with Crippen molar-refractivity contribution in [1.82, 2.24) is 9.88 Å². The summed E-state index contributed by atoms with van der Waals surface area (Å²) in [6.07, 6.45) is 2.26. The van der Waals surface area contributed by atoms with Gasteiger partial charge in [0.05, 0.1) is 16.9 Å². The van der Waals surface area contributed by atoms with Gasteiger partial charge in [0.15, 0.2) is 0 Å². The third-order valence-electron chi connectivity index (χ3n) is 4.54. The SMILES string of the molecule is Cc1cc(N)c2c(OC[C@H]3CCCN3C(=O)C(C)C)cccc2n1.O=C=O. The number of rotatable bonds is 4. The number of nitrogens with zero attached hydrogens (tertiary/aromatic N) is 2. The van der Waals surface area contributed by atoms with E-state index in [1.165, 1.54) is 0 Å². The maximum absolute atomic E-state index is 12.3. The number of carbonyl (C=O) groups excluding carboxylic acids is 3. The normalized spacial score (nSPS) is 16.0. The molecule has 3 rings (SSSR count). The highest BCUT2D eigenvalue weighted by molar-refractivity contribution is 5.95. The van der Waals surface area contributed by atoms with Gasteiger partial charge in [-0.3, -0.25) is 9.78 Å². The zero-order chi connectivity index (χ0) is 20.0. The molecule has 0 aliphatic carbocycles. The molecule has 1 saturated heterocycles. The van der Waals surface area contributed by atoms with Crippen LogP contribution >= 0.6 is 0 Å². The first-order chi connectivity index (χ1) is 12.9. The molecular weight excluding hydrogens is 346 g/mol. The van der Waals surface area contributed by atoms with Crippen LogP contribution in [-0.4, -0.2) is 41.1 Å². The van der Waals surface area contributed by atoms with Gasteiger partial charge in [-0.25, -0.2) is 0 Å². The predicted octanol–water partition coefficient (Wildman–Crippen LogP) is 2.57. The number of pyridine rings is 1. The van der Waals surface area contributed by atoms with Crippen molar-refractivity contribution in [2.45, 2.75) is 39.7 Å². The van der Waals surface area contributed by atoms with Gasteiger partial charge in [0, 0.05) is 23.8 Å². The Hall–Kier alpha value is -2.92. The Balaban J connectivity index is 0.000000817. The van der Waals surface area contributed by atoms with E-state index in [1.807, 2.05) is 49.9 Å². The van der Waals surface area contributed by atoms with Crippen LogP contribution in [0, 0.1) is 12.8 Å². The lowest BCUT2D eigenvalue weighted by Crippen LogP contribution is -2.41. The molecule has 2 N–H and O–H groups in total. The Kier molecular flexibility index (Phi) is 6.91. The van der Waals surface area contributed by atoms with E-state index in [1.54, 1.807) is 0 Å². The number of nitrogens with two attached hydrogens (primary N) is 1. The summed E-state index contributed by atoms with van der Waals surface area (Å²) in [6.45, 7) is 7.13. The number of aryl methyl sites for hydroxylation is 1. The van der Waals surface area contributed by atoms with Gasteiger partial charge >= 0.3 is 6.15 Å². The van der Waals surface area contributed by atoms with E-state index in [4.69, 9.17) is 20.1 Å². The molecule has 1 aliphatic rings. The standard InChI is InChI=1S/C19H25N3O2.CO2/c1-12(2)19(23)22-9-5-6-14(22)11-24-17-8-4-7-16-18(17)15(20)10-13(3)21-16;2-1-3/h4,7-8,10,12,14H,5-6,9,11H2,1-3H3,(H2,20,21);/t14-;/m1./s1. The van der Waals surface area contributed by atoms with E-state index in [9.17, 15) is 4.79 Å². The third-order valence-corrected chi connectivity index (χ3v) is 4.54. The molecule has 144 valence electrons. The number of hydrogen-bond donors (Lipinski definition) is 1. The second-order valence-corrected chi connectivity index (χ2v) is 6.88. The molecule has 0 radical (unpaired) electrons. The zero-order valence-electron chi connectivity index (χ0n) is 15.9. The molecular formula is C20H25N3O4. The highest BCUT2D eigenvalue weighted by atomic mass is 16.5. The van der Waals surface area contributed by atoms with Crippen LogP contribution in [0.3, 0.4) is 0 Å². The van der Waals surface area contributed by atoms with E-state index in [2.05, 4.69) is 4.98 Å². The van der Waals surface area contributed by atoms with Gasteiger partial charge in [-0.15, -0.1) is 0 Å². The van der Waals surface area contributed by atoms with Gasteiger partial charge in [-0.2, -0.15) is 9.59 Å². The van der Waals surface area contributed by atoms with Crippen LogP contribution in [0.4, 0.5) is 5.69 Å². The maximum Gasteiger partial charge on any atom is 0.373 e. The number of anilines is 1. The molecule has 0 unspecified atom stereocenters. The summed E-state index contributed by atoms with van der Waals surface area (Å²) >= 11 is 0. The summed E-state index contributed by atoms with van der Waals surface area (Å²) in [6, 6.07) is 7.78. The predicted molar refractivity (Wildman–Crippen MR) is 101 cm³/mol. The number of hydrogen-bond acceptors (Lipinski definition) is 6. The summed E-state index contributed by atoms with van der Waals surface area (Å²) < 4.78 is 6.07. The van der Waals surface area contributed by atoms with Crippen LogP contribution in [0.5, 0.6) is 5.75 Å². The minimum absolute atomic E-state index is 0.0194. The molecule has 2 heterocycles. The monoisotopic (exact) mass is 371 g/mol. The van der Waals surface area contributed by atoms with E-state index >= 15 is 0 Å². The quantitative estimate of drug-likeness (QED) is 0.886. The van der Waals surface area contributed by atoms with Crippen molar-refractivity contribution in [2.24, 2.45) is 5.92 Å². The lowest BCUT2D eigenvalue weighted by atomic mass is 10.1. The molecule has 0 bridgehead atoms. The van der Waals surface area contributed by atoms with Crippen molar-refractivity contribution in [3.05, 3.63) is 30.0 Å². The van der Waals surface area contributed by atoms with Crippen LogP contribution in [0.2, 0.25) is 0 Å². The lowest BCUT2D eigenvalue weighted by molar-refractivity contribution is -0.191. The van der Waals surface area contributed by atoms with Gasteiger partial charge in [-0.1, -0.05) is 19.9 Å². The Labute approximate surface area is 158 Å². The molecule has 2 aromatic rings. The first kappa shape index (κ1) is 20.4. The molecule has 1 atom stereocenters. The number of ether oxygens (including phenoxy) is 1. The lowest BCUT2D eigenvalue weighted by Gasteiger charge is -2.26. The molecule has 1 aromatic heterocycles. The number of carbonyl (C=O) groups is 1. The number of fused-ring (bicyclic) bond motifs is 1. The molecule has 1 aromatic carbocycles. The average Bonchev–Trinajstić information content (AvgIpc) is 3.07. The second-order valence-electron chi connectivity index (χ2n) is 6.88. The molecule has 1 fully saturated rings. The topological polar surface area (TPSA) is 103 Å². The van der Waals surface area contributed by atoms with Gasteiger partial charge in [-0.05, 0) is 38.0 Å². The highest BCUT2D eigenvalue weighted by Crippen LogP contribution is 2.31. The summed E-state index contributed by atoms with van der Waals surface area (Å²) in [5.41, 5.74) is 8.58. The van der Waals surface area contributed by atoms with Crippen LogP contribution in [0.1, 0.15) is 32.4 Å². The summed E-state index contributed by atoms with van der Waals surface area (Å²) in [5.74, 6) is 0.961. The Morgan fingerprint density at radius 1 is 1.41 bits per heavy atom. The minimum Gasteiger partial charge on any atom is -0.491 e. The third kappa shape index (κ3) is 4.83. The summed E-state index contributed by atoms with van der Waals surface area (Å²) in [7, 11) is 0. The van der Waals surface area contributed by atoms with Crippen molar-refractivity contribution in [3.8, 4) is 5.75 Å². The van der Waals surface area contributed by atoms with Crippen LogP contribution in [0.15, 0.2) is 24.3 Å². The van der Waals surface area contributed by atoms with Crippen LogP contribution in [-0.2, 0) is 14.4 Å². The molecule has 1 amide bonds. The smallest absolute Gasteiger partial charge is 0.373 e. The van der Waals surface area contributed by atoms with Gasteiger partial charge in [0.2, 0.25) is 5.91 Å². The second kappa shape index (κ2) is 9.14. The van der Waals surface area contributed by atoms with E-state index < -0.39 is 0 Å². The first-order valence-electron chi connectivity index (χ1n) is 8.97. The maximum atomic E-state index is 12.3. The largest absolute Gasteiger partial charge is 0.491 e. The average molecular weight is 371 g/mol. The number of benzene rings is 1. The zero-order valence-corrected chi connectivity index (χ0v) is 15.9. The number of nitrogen functional groups attached to an aromatic ring is 1. The molecule has 27 heavy (non-hydrogen) atoms. The molecule has 0 spiro atoms. The fourth-order valence-electron chi connectivity index (χ4n) is 3.36. The van der Waals surface area contributed by atoms with Gasteiger partial charge in [0.1, 0.15) is 12.4 Å². The summed E-state index contributed by atoms with van der Waals surface area (Å²) in [5, 5.41) is 0.850. The number of aromatic nitrogens is 1. The van der Waals surface area contributed by atoms with E-state index in [0.717, 1.165) is 41.7 Å². The minimum atomic E-state index is 0.0194. The fraction of sp³-hybridized carbons (Fsp3) is 0.450. The Morgan fingerprint density at radius 2 is 2.11 bits per heavy atom. The number of amides is 1. The van der Waals surface area contributed by atoms with E-state index in [0.29, 0.717) is 12.3 Å².